The first kappa shape index (κ1) is 24.3. The first-order valence-corrected chi connectivity index (χ1v) is 12.1. The van der Waals surface area contributed by atoms with Crippen LogP contribution in [0.25, 0.3) is 0 Å². The molecule has 2 heterocycles. The second kappa shape index (κ2) is 9.80. The van der Waals surface area contributed by atoms with E-state index in [2.05, 4.69) is 16.7 Å². The van der Waals surface area contributed by atoms with Gasteiger partial charge in [0.15, 0.2) is 22.3 Å². The number of amides is 1. The number of para-hydroxylation sites is 1. The topological polar surface area (TPSA) is 72.1 Å². The monoisotopic (exact) mass is 483 g/mol. The van der Waals surface area contributed by atoms with Gasteiger partial charge < -0.3 is 29.7 Å². The van der Waals surface area contributed by atoms with Crippen LogP contribution in [0.3, 0.4) is 0 Å². The smallest absolute Gasteiger partial charge is 0.236 e. The number of anilines is 1. The molecule has 2 aromatic rings. The van der Waals surface area contributed by atoms with Crippen molar-refractivity contribution in [2.75, 3.05) is 32.2 Å². The van der Waals surface area contributed by atoms with Crippen molar-refractivity contribution >= 4 is 28.9 Å². The Morgan fingerprint density at radius 3 is 2.79 bits per heavy atom. The molecule has 0 spiro atoms. The molecule has 182 valence electrons. The first-order valence-electron chi connectivity index (χ1n) is 11.7. The van der Waals surface area contributed by atoms with Gasteiger partial charge in [0.25, 0.3) is 0 Å². The normalized spacial score (nSPS) is 23.0. The average Bonchev–Trinajstić information content (AvgIpc) is 2.78. The molecule has 7 nitrogen and oxygen atoms in total. The lowest BCUT2D eigenvalue weighted by atomic mass is 9.78. The summed E-state index contributed by atoms with van der Waals surface area (Å²) in [7, 11) is 1.67. The summed E-state index contributed by atoms with van der Waals surface area (Å²) in [6.07, 6.45) is 0.743. The number of hydrogen-bond donors (Lipinski definition) is 2. The molecule has 0 saturated carbocycles. The SMILES string of the molecule is CCOc1cccc2c1OC1(C)C(C(=O)Nc3ccc(C)cc3C)C2NC(=S)N1CCCOC. The maximum atomic E-state index is 13.9. The molecule has 8 heteroatoms. The van der Waals surface area contributed by atoms with Crippen molar-refractivity contribution in [2.24, 2.45) is 5.92 Å². The first-order chi connectivity index (χ1) is 16.3. The van der Waals surface area contributed by atoms with Gasteiger partial charge in [0.2, 0.25) is 5.91 Å². The lowest BCUT2D eigenvalue weighted by molar-refractivity contribution is -0.150. The van der Waals surface area contributed by atoms with Crippen LogP contribution >= 0.6 is 12.2 Å². The fraction of sp³-hybridized carbons (Fsp3) is 0.462. The lowest BCUT2D eigenvalue weighted by Crippen LogP contribution is -2.71. The molecule has 2 aliphatic rings. The molecule has 2 aliphatic heterocycles. The van der Waals surface area contributed by atoms with Crippen LogP contribution in [0.1, 0.15) is 43.0 Å². The highest BCUT2D eigenvalue weighted by atomic mass is 32.1. The second-order valence-corrected chi connectivity index (χ2v) is 9.36. The van der Waals surface area contributed by atoms with Crippen LogP contribution in [-0.4, -0.2) is 48.5 Å². The molecule has 1 saturated heterocycles. The number of methoxy groups -OCH3 is 1. The zero-order valence-electron chi connectivity index (χ0n) is 20.4. The Bertz CT molecular complexity index is 1090. The molecule has 2 bridgehead atoms. The Hall–Kier alpha value is -2.84. The highest BCUT2D eigenvalue weighted by Gasteiger charge is 2.59. The van der Waals surface area contributed by atoms with E-state index in [4.69, 9.17) is 26.4 Å². The number of carbonyl (C=O) groups excluding carboxylic acids is 1. The average molecular weight is 484 g/mol. The van der Waals surface area contributed by atoms with E-state index in [1.807, 2.05) is 62.9 Å². The van der Waals surface area contributed by atoms with Gasteiger partial charge in [0, 0.05) is 31.5 Å². The minimum Gasteiger partial charge on any atom is -0.490 e. The number of benzene rings is 2. The van der Waals surface area contributed by atoms with E-state index >= 15 is 0 Å². The number of hydrogen-bond acceptors (Lipinski definition) is 5. The van der Waals surface area contributed by atoms with Crippen molar-refractivity contribution in [1.29, 1.82) is 0 Å². The number of rotatable bonds is 8. The van der Waals surface area contributed by atoms with Crippen molar-refractivity contribution < 1.29 is 19.0 Å². The molecule has 0 radical (unpaired) electrons. The van der Waals surface area contributed by atoms with E-state index in [0.717, 1.165) is 28.8 Å². The van der Waals surface area contributed by atoms with Crippen LogP contribution in [0.5, 0.6) is 11.5 Å². The maximum absolute atomic E-state index is 13.9. The Kier molecular flexibility index (Phi) is 7.00. The number of ether oxygens (including phenoxy) is 3. The van der Waals surface area contributed by atoms with Crippen LogP contribution in [-0.2, 0) is 9.53 Å². The summed E-state index contributed by atoms with van der Waals surface area (Å²) < 4.78 is 17.8. The van der Waals surface area contributed by atoms with Crippen molar-refractivity contribution in [3.05, 3.63) is 53.1 Å². The minimum absolute atomic E-state index is 0.126. The maximum Gasteiger partial charge on any atom is 0.236 e. The Labute approximate surface area is 206 Å². The third-order valence-corrected chi connectivity index (χ3v) is 6.91. The number of nitrogens with zero attached hydrogens (tertiary/aromatic N) is 1. The van der Waals surface area contributed by atoms with E-state index in [9.17, 15) is 4.79 Å². The van der Waals surface area contributed by atoms with E-state index < -0.39 is 11.6 Å². The molecule has 1 amide bonds. The van der Waals surface area contributed by atoms with Gasteiger partial charge in [-0.1, -0.05) is 29.8 Å². The van der Waals surface area contributed by atoms with Crippen LogP contribution in [0, 0.1) is 19.8 Å². The Morgan fingerprint density at radius 1 is 1.29 bits per heavy atom. The highest BCUT2D eigenvalue weighted by molar-refractivity contribution is 7.80. The summed E-state index contributed by atoms with van der Waals surface area (Å²) in [4.78, 5) is 15.8. The van der Waals surface area contributed by atoms with Gasteiger partial charge in [-0.05, 0) is 64.0 Å². The molecule has 2 aromatic carbocycles. The van der Waals surface area contributed by atoms with Gasteiger partial charge in [-0.2, -0.15) is 0 Å². The van der Waals surface area contributed by atoms with E-state index in [-0.39, 0.29) is 11.9 Å². The third-order valence-electron chi connectivity index (χ3n) is 6.58. The highest BCUT2D eigenvalue weighted by Crippen LogP contribution is 2.51. The van der Waals surface area contributed by atoms with Gasteiger partial charge in [0.05, 0.1) is 12.6 Å². The van der Waals surface area contributed by atoms with Crippen molar-refractivity contribution in [2.45, 2.75) is 45.9 Å². The summed E-state index contributed by atoms with van der Waals surface area (Å²) in [5.41, 5.74) is 2.81. The summed E-state index contributed by atoms with van der Waals surface area (Å²) >= 11 is 5.75. The van der Waals surface area contributed by atoms with Gasteiger partial charge in [-0.25, -0.2) is 0 Å². The number of aryl methyl sites for hydroxylation is 2. The molecule has 34 heavy (non-hydrogen) atoms. The molecule has 4 rings (SSSR count). The number of nitrogens with one attached hydrogen (secondary N) is 2. The molecule has 3 unspecified atom stereocenters. The summed E-state index contributed by atoms with van der Waals surface area (Å²) in [6, 6.07) is 11.4. The van der Waals surface area contributed by atoms with Gasteiger partial charge in [0.1, 0.15) is 5.92 Å². The zero-order valence-corrected chi connectivity index (χ0v) is 21.3. The molecular formula is C26H33N3O4S. The molecule has 0 aliphatic carbocycles. The van der Waals surface area contributed by atoms with E-state index in [1.165, 1.54) is 0 Å². The summed E-state index contributed by atoms with van der Waals surface area (Å²) in [6.45, 7) is 9.60. The molecule has 0 aromatic heterocycles. The lowest BCUT2D eigenvalue weighted by Gasteiger charge is -2.56. The van der Waals surface area contributed by atoms with Crippen LogP contribution in [0.4, 0.5) is 5.69 Å². The zero-order chi connectivity index (χ0) is 24.5. The van der Waals surface area contributed by atoms with Gasteiger partial charge >= 0.3 is 0 Å². The standard InChI is InChI=1S/C26H33N3O4S/c1-6-32-20-10-7-9-18-22-21(24(30)27-19-12-11-16(2)15-17(19)3)26(4,33-23(18)20)29(25(34)28-22)13-8-14-31-5/h7,9-12,15,21-22H,6,8,13-14H2,1-5H3,(H,27,30)(H,28,34). The molecule has 3 atom stereocenters. The Balaban J connectivity index is 1.76. The summed E-state index contributed by atoms with van der Waals surface area (Å²) in [5, 5.41) is 7.15. The number of carbonyl (C=O) groups is 1. The predicted molar refractivity (Wildman–Crippen MR) is 136 cm³/mol. The molecule has 1 fully saturated rings. The third kappa shape index (κ3) is 4.32. The van der Waals surface area contributed by atoms with E-state index in [0.29, 0.717) is 36.4 Å². The Morgan fingerprint density at radius 2 is 2.09 bits per heavy atom. The molecular weight excluding hydrogens is 450 g/mol. The van der Waals surface area contributed by atoms with Crippen LogP contribution in [0.2, 0.25) is 0 Å². The minimum atomic E-state index is -1.01. The summed E-state index contributed by atoms with van der Waals surface area (Å²) in [5.74, 6) is 0.626. The largest absolute Gasteiger partial charge is 0.490 e. The fourth-order valence-electron chi connectivity index (χ4n) is 4.96. The second-order valence-electron chi connectivity index (χ2n) is 8.97. The number of fused-ring (bicyclic) bond motifs is 4. The number of thiocarbonyl (C=S) groups is 1. The van der Waals surface area contributed by atoms with Gasteiger partial charge in [-0.3, -0.25) is 4.79 Å². The molecule has 2 N–H and O–H groups in total. The van der Waals surface area contributed by atoms with Gasteiger partial charge in [-0.15, -0.1) is 0 Å². The van der Waals surface area contributed by atoms with E-state index in [1.54, 1.807) is 7.11 Å². The van der Waals surface area contributed by atoms with Crippen molar-refractivity contribution in [3.63, 3.8) is 0 Å². The fourth-order valence-corrected chi connectivity index (χ4v) is 5.36. The van der Waals surface area contributed by atoms with Crippen LogP contribution < -0.4 is 20.1 Å². The van der Waals surface area contributed by atoms with Crippen molar-refractivity contribution in [3.8, 4) is 11.5 Å². The van der Waals surface area contributed by atoms with Crippen LogP contribution in [0.15, 0.2) is 36.4 Å². The van der Waals surface area contributed by atoms with Crippen molar-refractivity contribution in [1.82, 2.24) is 10.2 Å². The quantitative estimate of drug-likeness (QED) is 0.428. The predicted octanol–water partition coefficient (Wildman–Crippen LogP) is 4.33.